The maximum atomic E-state index is 12.8. The zero-order valence-corrected chi connectivity index (χ0v) is 14.9. The molecule has 1 aromatic carbocycles. The monoisotopic (exact) mass is 397 g/mol. The van der Waals surface area contributed by atoms with Crippen LogP contribution >= 0.6 is 11.5 Å². The van der Waals surface area contributed by atoms with E-state index >= 15 is 0 Å². The number of halogens is 3. The lowest BCUT2D eigenvalue weighted by Gasteiger charge is -2.07. The number of furan rings is 1. The molecule has 0 aliphatic heterocycles. The number of nitrogens with one attached hydrogen (secondary N) is 1. The second kappa shape index (κ2) is 7.78. The van der Waals surface area contributed by atoms with Gasteiger partial charge in [0.25, 0.3) is 5.91 Å². The van der Waals surface area contributed by atoms with Crippen LogP contribution in [0.4, 0.5) is 18.3 Å². The standard InChI is InChI=1S/C17H14F3N3O3S/c1-2-6-25-15-22-16(27-23-15)21-14(24)11-8-13(26-9-11)10-4-3-5-12(7-10)17(18,19)20/h3-5,7-9H,2,6H2,1H3,(H,21,22,23,24). The summed E-state index contributed by atoms with van der Waals surface area (Å²) in [6.45, 7) is 2.40. The van der Waals surface area contributed by atoms with Crippen molar-refractivity contribution < 1.29 is 27.1 Å². The van der Waals surface area contributed by atoms with E-state index < -0.39 is 17.6 Å². The molecular weight excluding hydrogens is 383 g/mol. The predicted molar refractivity (Wildman–Crippen MR) is 92.8 cm³/mol. The number of ether oxygens (including phenoxy) is 1. The molecule has 3 rings (SSSR count). The van der Waals surface area contributed by atoms with Gasteiger partial charge in [-0.15, -0.1) is 4.37 Å². The van der Waals surface area contributed by atoms with E-state index in [4.69, 9.17) is 9.15 Å². The topological polar surface area (TPSA) is 77.2 Å². The zero-order valence-electron chi connectivity index (χ0n) is 14.0. The molecule has 0 aliphatic carbocycles. The number of carbonyl (C=O) groups excluding carboxylic acids is 1. The number of rotatable bonds is 6. The Labute approximate surface area is 156 Å². The quantitative estimate of drug-likeness (QED) is 0.643. The summed E-state index contributed by atoms with van der Waals surface area (Å²) in [5, 5.41) is 2.78. The minimum absolute atomic E-state index is 0.147. The Hall–Kier alpha value is -2.88. The van der Waals surface area contributed by atoms with Crippen molar-refractivity contribution in [1.82, 2.24) is 9.36 Å². The van der Waals surface area contributed by atoms with Gasteiger partial charge in [0, 0.05) is 17.1 Å². The first-order valence-corrected chi connectivity index (χ1v) is 8.68. The summed E-state index contributed by atoms with van der Waals surface area (Å²) in [4.78, 5) is 16.3. The second-order valence-corrected chi connectivity index (χ2v) is 6.21. The van der Waals surface area contributed by atoms with Crippen molar-refractivity contribution in [2.24, 2.45) is 0 Å². The van der Waals surface area contributed by atoms with Crippen LogP contribution < -0.4 is 10.1 Å². The third-order valence-corrected chi connectivity index (χ3v) is 4.01. The molecule has 0 spiro atoms. The van der Waals surface area contributed by atoms with Crippen LogP contribution in [0.1, 0.15) is 29.3 Å². The molecule has 27 heavy (non-hydrogen) atoms. The molecule has 2 aromatic heterocycles. The molecule has 6 nitrogen and oxygen atoms in total. The smallest absolute Gasteiger partial charge is 0.416 e. The number of anilines is 1. The van der Waals surface area contributed by atoms with Crippen LogP contribution in [0, 0.1) is 0 Å². The molecule has 0 radical (unpaired) electrons. The zero-order chi connectivity index (χ0) is 19.4. The van der Waals surface area contributed by atoms with Crippen LogP contribution in [0.25, 0.3) is 11.3 Å². The SMILES string of the molecule is CCCOc1nsc(NC(=O)c2coc(-c3cccc(C(F)(F)F)c3)c2)n1. The van der Waals surface area contributed by atoms with Gasteiger partial charge in [-0.2, -0.15) is 18.2 Å². The van der Waals surface area contributed by atoms with Gasteiger partial charge >= 0.3 is 12.2 Å². The Bertz CT molecular complexity index is 937. The fourth-order valence-corrected chi connectivity index (χ4v) is 2.65. The highest BCUT2D eigenvalue weighted by atomic mass is 32.1. The van der Waals surface area contributed by atoms with Crippen LogP contribution in [-0.4, -0.2) is 21.9 Å². The number of carbonyl (C=O) groups is 1. The Balaban J connectivity index is 1.72. The highest BCUT2D eigenvalue weighted by Gasteiger charge is 2.30. The van der Waals surface area contributed by atoms with Gasteiger partial charge in [0.15, 0.2) is 0 Å². The number of aromatic nitrogens is 2. The summed E-state index contributed by atoms with van der Waals surface area (Å²) in [6.07, 6.45) is -2.49. The fourth-order valence-electron chi connectivity index (χ4n) is 2.14. The maximum absolute atomic E-state index is 12.8. The third-order valence-electron chi connectivity index (χ3n) is 3.40. The number of hydrogen-bond donors (Lipinski definition) is 1. The molecule has 0 atom stereocenters. The summed E-state index contributed by atoms with van der Waals surface area (Å²) in [6, 6.07) is 6.21. The summed E-state index contributed by atoms with van der Waals surface area (Å²) < 4.78 is 52.9. The van der Waals surface area contributed by atoms with Crippen molar-refractivity contribution in [3.63, 3.8) is 0 Å². The predicted octanol–water partition coefficient (Wildman–Crippen LogP) is 4.86. The Morgan fingerprint density at radius 1 is 1.33 bits per heavy atom. The Kier molecular flexibility index (Phi) is 5.45. The molecule has 0 unspecified atom stereocenters. The molecule has 1 amide bonds. The highest BCUT2D eigenvalue weighted by molar-refractivity contribution is 7.10. The number of amides is 1. The van der Waals surface area contributed by atoms with E-state index in [-0.39, 0.29) is 28.0 Å². The maximum Gasteiger partial charge on any atom is 0.416 e. The lowest BCUT2D eigenvalue weighted by Crippen LogP contribution is -2.10. The molecular formula is C17H14F3N3O3S. The second-order valence-electron chi connectivity index (χ2n) is 5.46. The molecule has 10 heteroatoms. The van der Waals surface area contributed by atoms with Crippen molar-refractivity contribution in [3.8, 4) is 17.3 Å². The summed E-state index contributed by atoms with van der Waals surface area (Å²) in [5.74, 6) is -0.370. The van der Waals surface area contributed by atoms with Gasteiger partial charge in [-0.25, -0.2) is 0 Å². The van der Waals surface area contributed by atoms with Gasteiger partial charge in [-0.1, -0.05) is 19.1 Å². The molecule has 0 fully saturated rings. The molecule has 1 N–H and O–H groups in total. The Morgan fingerprint density at radius 3 is 2.89 bits per heavy atom. The van der Waals surface area contributed by atoms with Gasteiger partial charge in [0.1, 0.15) is 12.0 Å². The van der Waals surface area contributed by atoms with Crippen LogP contribution in [0.3, 0.4) is 0 Å². The lowest BCUT2D eigenvalue weighted by molar-refractivity contribution is -0.137. The van der Waals surface area contributed by atoms with Crippen LogP contribution in [0.15, 0.2) is 41.0 Å². The van der Waals surface area contributed by atoms with E-state index in [2.05, 4.69) is 14.7 Å². The average Bonchev–Trinajstić information content (AvgIpc) is 3.29. The average molecular weight is 397 g/mol. The minimum Gasteiger partial charge on any atom is -0.464 e. The summed E-state index contributed by atoms with van der Waals surface area (Å²) in [5.41, 5.74) is -0.431. The van der Waals surface area contributed by atoms with Crippen LogP contribution in [0.2, 0.25) is 0 Å². The van der Waals surface area contributed by atoms with Crippen molar-refractivity contribution in [1.29, 1.82) is 0 Å². The molecule has 142 valence electrons. The molecule has 2 heterocycles. The van der Waals surface area contributed by atoms with Gasteiger partial charge in [0.05, 0.1) is 17.7 Å². The van der Waals surface area contributed by atoms with Crippen LogP contribution in [-0.2, 0) is 6.18 Å². The van der Waals surface area contributed by atoms with Crippen LogP contribution in [0.5, 0.6) is 6.01 Å². The molecule has 0 bridgehead atoms. The first-order valence-electron chi connectivity index (χ1n) is 7.91. The molecule has 3 aromatic rings. The number of benzene rings is 1. The minimum atomic E-state index is -4.46. The third kappa shape index (κ3) is 4.64. The summed E-state index contributed by atoms with van der Waals surface area (Å²) >= 11 is 0.957. The fraction of sp³-hybridized carbons (Fsp3) is 0.235. The molecule has 0 aliphatic rings. The number of nitrogens with zero attached hydrogens (tertiary/aromatic N) is 2. The summed E-state index contributed by atoms with van der Waals surface area (Å²) in [7, 11) is 0. The van der Waals surface area contributed by atoms with Gasteiger partial charge in [-0.05, 0) is 24.6 Å². The largest absolute Gasteiger partial charge is 0.464 e. The normalized spacial score (nSPS) is 11.4. The van der Waals surface area contributed by atoms with E-state index in [1.165, 1.54) is 24.5 Å². The van der Waals surface area contributed by atoms with E-state index in [9.17, 15) is 18.0 Å². The highest BCUT2D eigenvalue weighted by Crippen LogP contribution is 2.32. The lowest BCUT2D eigenvalue weighted by atomic mass is 10.1. The van der Waals surface area contributed by atoms with E-state index in [0.717, 1.165) is 30.1 Å². The Morgan fingerprint density at radius 2 is 2.15 bits per heavy atom. The first-order chi connectivity index (χ1) is 12.9. The molecule has 0 saturated heterocycles. The molecule has 0 saturated carbocycles. The number of alkyl halides is 3. The first kappa shape index (κ1) is 18.9. The van der Waals surface area contributed by atoms with Crippen molar-refractivity contribution >= 4 is 22.6 Å². The van der Waals surface area contributed by atoms with Crippen molar-refractivity contribution in [2.45, 2.75) is 19.5 Å². The van der Waals surface area contributed by atoms with E-state index in [0.29, 0.717) is 6.61 Å². The van der Waals surface area contributed by atoms with E-state index in [1.54, 1.807) is 0 Å². The van der Waals surface area contributed by atoms with Crippen molar-refractivity contribution in [3.05, 3.63) is 47.7 Å². The van der Waals surface area contributed by atoms with Gasteiger partial charge in [0.2, 0.25) is 5.13 Å². The van der Waals surface area contributed by atoms with E-state index in [1.807, 2.05) is 6.92 Å². The van der Waals surface area contributed by atoms with Gasteiger partial charge < -0.3 is 9.15 Å². The number of hydrogen-bond acceptors (Lipinski definition) is 6. The van der Waals surface area contributed by atoms with Crippen molar-refractivity contribution in [2.75, 3.05) is 11.9 Å². The van der Waals surface area contributed by atoms with Gasteiger partial charge in [-0.3, -0.25) is 10.1 Å².